The normalized spacial score (nSPS) is 15.6. The highest BCUT2D eigenvalue weighted by Crippen LogP contribution is 2.26. The van der Waals surface area contributed by atoms with Gasteiger partial charge in [-0.1, -0.05) is 24.3 Å². The van der Waals surface area contributed by atoms with E-state index >= 15 is 0 Å². The van der Waals surface area contributed by atoms with Gasteiger partial charge in [-0.05, 0) is 103 Å². The Kier molecular flexibility index (Phi) is 10.4. The number of rotatable bonds is 9. The molecule has 0 saturated heterocycles. The van der Waals surface area contributed by atoms with Crippen LogP contribution in [0.3, 0.4) is 0 Å². The van der Waals surface area contributed by atoms with Crippen molar-refractivity contribution in [1.82, 2.24) is 20.1 Å². The molecule has 39 heavy (non-hydrogen) atoms. The summed E-state index contributed by atoms with van der Waals surface area (Å²) in [5.74, 6) is 0. The second-order valence-corrected chi connectivity index (χ2v) is 12.4. The maximum atomic E-state index is 13.3. The summed E-state index contributed by atoms with van der Waals surface area (Å²) in [5.41, 5.74) is 3.54. The topological polar surface area (TPSA) is 84.0 Å². The first-order valence-electron chi connectivity index (χ1n) is 14.0. The summed E-state index contributed by atoms with van der Waals surface area (Å²) in [5, 5.41) is 2.84. The number of benzene rings is 1. The van der Waals surface area contributed by atoms with E-state index in [1.54, 1.807) is 0 Å². The van der Waals surface area contributed by atoms with Crippen molar-refractivity contribution < 1.29 is 19.1 Å². The van der Waals surface area contributed by atoms with Crippen LogP contribution in [0.2, 0.25) is 0 Å². The predicted octanol–water partition coefficient (Wildman–Crippen LogP) is 5.86. The summed E-state index contributed by atoms with van der Waals surface area (Å²) >= 11 is 0. The number of carbonyl (C=O) groups excluding carboxylic acids is 2. The number of nitrogens with one attached hydrogen (secondary N) is 1. The van der Waals surface area contributed by atoms with Gasteiger partial charge in [0.2, 0.25) is 0 Å². The molecule has 0 fully saturated rings. The van der Waals surface area contributed by atoms with Gasteiger partial charge in [-0.15, -0.1) is 0 Å². The third kappa shape index (κ3) is 10.5. The molecule has 0 bridgehead atoms. The van der Waals surface area contributed by atoms with Crippen LogP contribution >= 0.6 is 0 Å². The lowest BCUT2D eigenvalue weighted by atomic mass is 9.94. The van der Waals surface area contributed by atoms with Gasteiger partial charge in [-0.2, -0.15) is 0 Å². The molecule has 214 valence electrons. The van der Waals surface area contributed by atoms with Crippen molar-refractivity contribution in [2.45, 2.75) is 98.1 Å². The number of amides is 2. The van der Waals surface area contributed by atoms with Crippen LogP contribution in [0.25, 0.3) is 0 Å². The largest absolute Gasteiger partial charge is 0.444 e. The number of aryl methyl sites for hydroxylation is 1. The second-order valence-electron chi connectivity index (χ2n) is 12.4. The van der Waals surface area contributed by atoms with Gasteiger partial charge in [0.05, 0.1) is 11.7 Å². The number of nitrogens with zero attached hydrogens (tertiary/aromatic N) is 3. The zero-order valence-electron chi connectivity index (χ0n) is 24.8. The van der Waals surface area contributed by atoms with E-state index in [1.165, 1.54) is 16.7 Å². The van der Waals surface area contributed by atoms with Gasteiger partial charge in [0.1, 0.15) is 11.2 Å². The van der Waals surface area contributed by atoms with Gasteiger partial charge in [-0.3, -0.25) is 14.8 Å². The quantitative estimate of drug-likeness (QED) is 0.403. The van der Waals surface area contributed by atoms with Crippen LogP contribution in [0.15, 0.2) is 42.6 Å². The highest BCUT2D eigenvalue weighted by Gasteiger charge is 2.34. The second kappa shape index (κ2) is 13.3. The van der Waals surface area contributed by atoms with Crippen molar-refractivity contribution in [2.75, 3.05) is 19.6 Å². The Morgan fingerprint density at radius 3 is 2.38 bits per heavy atom. The zero-order valence-corrected chi connectivity index (χ0v) is 24.8. The average molecular weight is 539 g/mol. The van der Waals surface area contributed by atoms with Crippen molar-refractivity contribution in [3.63, 3.8) is 0 Å². The molecule has 1 unspecified atom stereocenters. The van der Waals surface area contributed by atoms with Gasteiger partial charge >= 0.3 is 12.2 Å². The first-order chi connectivity index (χ1) is 18.3. The average Bonchev–Trinajstić information content (AvgIpc) is 2.81. The molecule has 8 nitrogen and oxygen atoms in total. The SMILES string of the molecule is Cc1ccnc(CN(CCCCNC(=O)OC(C)(C)C)CC2Cc3ccccc3CN2C(=O)OC(C)(C)C)c1. The Balaban J connectivity index is 1.71. The fourth-order valence-electron chi connectivity index (χ4n) is 4.70. The number of unbranched alkanes of at least 4 members (excludes halogenated alkanes) is 1. The number of fused-ring (bicyclic) bond motifs is 1. The lowest BCUT2D eigenvalue weighted by Gasteiger charge is -2.40. The molecular weight excluding hydrogens is 492 g/mol. The first kappa shape index (κ1) is 30.4. The standard InChI is InChI=1S/C31H46N4O4/c1-23-14-16-32-26(18-23)21-34(17-11-10-15-33-28(36)38-30(2,3)4)22-27-19-24-12-8-9-13-25(24)20-35(27)29(37)39-31(5,6)7/h8-9,12-14,16,18,27H,10-11,15,17,19-22H2,1-7H3,(H,33,36). The van der Waals surface area contributed by atoms with Crippen LogP contribution in [-0.4, -0.2) is 63.8 Å². The lowest BCUT2D eigenvalue weighted by molar-refractivity contribution is 0.00708. The van der Waals surface area contributed by atoms with Gasteiger partial charge in [0.25, 0.3) is 0 Å². The highest BCUT2D eigenvalue weighted by molar-refractivity contribution is 5.69. The summed E-state index contributed by atoms with van der Waals surface area (Å²) < 4.78 is 11.1. The maximum Gasteiger partial charge on any atom is 0.410 e. The molecule has 3 rings (SSSR count). The molecule has 0 radical (unpaired) electrons. The van der Waals surface area contributed by atoms with Crippen LogP contribution in [-0.2, 0) is 29.0 Å². The fourth-order valence-corrected chi connectivity index (χ4v) is 4.70. The lowest BCUT2D eigenvalue weighted by Crippen LogP contribution is -2.51. The van der Waals surface area contributed by atoms with Gasteiger partial charge in [-0.25, -0.2) is 9.59 Å². The molecule has 2 amide bonds. The highest BCUT2D eigenvalue weighted by atomic mass is 16.6. The fraction of sp³-hybridized carbons (Fsp3) is 0.581. The van der Waals surface area contributed by atoms with E-state index in [1.807, 2.05) is 64.8 Å². The van der Waals surface area contributed by atoms with E-state index in [0.29, 0.717) is 26.2 Å². The van der Waals surface area contributed by atoms with Crippen LogP contribution in [0, 0.1) is 6.92 Å². The number of carbonyl (C=O) groups is 2. The van der Waals surface area contributed by atoms with E-state index in [2.05, 4.69) is 46.4 Å². The number of pyridine rings is 1. The van der Waals surface area contributed by atoms with Gasteiger partial charge < -0.3 is 14.8 Å². The molecule has 2 heterocycles. The summed E-state index contributed by atoms with van der Waals surface area (Å²) in [6.07, 6.45) is 3.65. The molecule has 0 spiro atoms. The third-order valence-corrected chi connectivity index (χ3v) is 6.38. The molecule has 1 aromatic carbocycles. The summed E-state index contributed by atoms with van der Waals surface area (Å²) in [6, 6.07) is 12.4. The molecule has 0 aliphatic carbocycles. The number of aromatic nitrogens is 1. The Morgan fingerprint density at radius 2 is 1.72 bits per heavy atom. The summed E-state index contributed by atoms with van der Waals surface area (Å²) in [6.45, 7) is 16.6. The first-order valence-corrected chi connectivity index (χ1v) is 14.0. The van der Waals surface area contributed by atoms with Gasteiger partial charge in [0.15, 0.2) is 0 Å². The van der Waals surface area contributed by atoms with E-state index in [4.69, 9.17) is 9.47 Å². The van der Waals surface area contributed by atoms with Crippen LogP contribution in [0.4, 0.5) is 9.59 Å². The molecule has 1 aliphatic heterocycles. The van der Waals surface area contributed by atoms with E-state index < -0.39 is 17.3 Å². The number of hydrogen-bond donors (Lipinski definition) is 1. The van der Waals surface area contributed by atoms with Crippen molar-refractivity contribution in [2.24, 2.45) is 0 Å². The van der Waals surface area contributed by atoms with Crippen LogP contribution in [0.5, 0.6) is 0 Å². The van der Waals surface area contributed by atoms with E-state index in [9.17, 15) is 9.59 Å². The summed E-state index contributed by atoms with van der Waals surface area (Å²) in [7, 11) is 0. The monoisotopic (exact) mass is 538 g/mol. The Labute approximate surface area is 234 Å². The van der Waals surface area contributed by atoms with Crippen LogP contribution in [0.1, 0.15) is 76.8 Å². The molecule has 1 aliphatic rings. The Morgan fingerprint density at radius 1 is 1.03 bits per heavy atom. The van der Waals surface area contributed by atoms with E-state index in [-0.39, 0.29) is 12.1 Å². The van der Waals surface area contributed by atoms with Crippen molar-refractivity contribution >= 4 is 12.2 Å². The maximum absolute atomic E-state index is 13.3. The molecule has 0 saturated carbocycles. The van der Waals surface area contributed by atoms with Crippen molar-refractivity contribution in [1.29, 1.82) is 0 Å². The van der Waals surface area contributed by atoms with E-state index in [0.717, 1.165) is 31.5 Å². The number of alkyl carbamates (subject to hydrolysis) is 1. The zero-order chi connectivity index (χ0) is 28.6. The molecular formula is C31H46N4O4. The molecule has 1 N–H and O–H groups in total. The minimum Gasteiger partial charge on any atom is -0.444 e. The molecule has 8 heteroatoms. The Hall–Kier alpha value is -3.13. The molecule has 2 aromatic rings. The van der Waals surface area contributed by atoms with Gasteiger partial charge in [0, 0.05) is 32.4 Å². The summed E-state index contributed by atoms with van der Waals surface area (Å²) in [4.78, 5) is 34.1. The minimum atomic E-state index is -0.565. The third-order valence-electron chi connectivity index (χ3n) is 6.38. The van der Waals surface area contributed by atoms with Crippen molar-refractivity contribution in [3.05, 3.63) is 65.0 Å². The number of hydrogen-bond acceptors (Lipinski definition) is 6. The predicted molar refractivity (Wildman–Crippen MR) is 153 cm³/mol. The molecule has 1 aromatic heterocycles. The minimum absolute atomic E-state index is 0.0283. The van der Waals surface area contributed by atoms with Crippen LogP contribution < -0.4 is 5.32 Å². The van der Waals surface area contributed by atoms with Crippen molar-refractivity contribution in [3.8, 4) is 0 Å². The smallest absolute Gasteiger partial charge is 0.410 e. The number of ether oxygens (including phenoxy) is 2. The molecule has 1 atom stereocenters. The Bertz CT molecular complexity index is 1110.